The van der Waals surface area contributed by atoms with E-state index in [1.165, 1.54) is 0 Å². The van der Waals surface area contributed by atoms with E-state index in [4.69, 9.17) is 6.42 Å². The molecule has 1 aromatic carbocycles. The van der Waals surface area contributed by atoms with Gasteiger partial charge in [-0.3, -0.25) is 4.98 Å². The molecule has 0 aliphatic rings. The second kappa shape index (κ2) is 7.71. The fourth-order valence-electron chi connectivity index (χ4n) is 1.95. The van der Waals surface area contributed by atoms with E-state index < -0.39 is 0 Å². The van der Waals surface area contributed by atoms with Gasteiger partial charge in [0.2, 0.25) is 0 Å². The molecule has 0 fully saturated rings. The van der Waals surface area contributed by atoms with Crippen LogP contribution in [-0.2, 0) is 6.54 Å². The number of urea groups is 1. The molecule has 21 heavy (non-hydrogen) atoms. The largest absolute Gasteiger partial charge is 0.334 e. The molecule has 0 bridgehead atoms. The first-order valence-electron chi connectivity index (χ1n) is 6.71. The lowest BCUT2D eigenvalue weighted by molar-refractivity contribution is 0.237. The first kappa shape index (κ1) is 14.6. The van der Waals surface area contributed by atoms with E-state index in [1.54, 1.807) is 12.4 Å². The molecule has 106 valence electrons. The van der Waals surface area contributed by atoms with Crippen LogP contribution in [0.2, 0.25) is 0 Å². The smallest absolute Gasteiger partial charge is 0.315 e. The summed E-state index contributed by atoms with van der Waals surface area (Å²) in [6.45, 7) is 0.428. The van der Waals surface area contributed by atoms with Crippen LogP contribution in [0.5, 0.6) is 0 Å². The van der Waals surface area contributed by atoms with Gasteiger partial charge in [0.05, 0.1) is 6.04 Å². The molecular weight excluding hydrogens is 262 g/mol. The van der Waals surface area contributed by atoms with Crippen LogP contribution >= 0.6 is 0 Å². The second-order valence-corrected chi connectivity index (χ2v) is 4.56. The number of carbonyl (C=O) groups is 1. The predicted molar refractivity (Wildman–Crippen MR) is 82.2 cm³/mol. The van der Waals surface area contributed by atoms with Gasteiger partial charge >= 0.3 is 6.03 Å². The SMILES string of the molecule is C#CC[C@@H](NC(=O)NCc1cccnc1)c1ccccc1. The van der Waals surface area contributed by atoms with Crippen LogP contribution in [0.3, 0.4) is 0 Å². The van der Waals surface area contributed by atoms with Crippen molar-refractivity contribution in [3.8, 4) is 12.3 Å². The van der Waals surface area contributed by atoms with E-state index in [1.807, 2.05) is 42.5 Å². The summed E-state index contributed by atoms with van der Waals surface area (Å²) in [5.74, 6) is 2.59. The predicted octanol–water partition coefficient (Wildman–Crippen LogP) is 2.65. The van der Waals surface area contributed by atoms with Crippen LogP contribution in [0, 0.1) is 12.3 Å². The molecule has 0 spiro atoms. The van der Waals surface area contributed by atoms with Crippen LogP contribution in [0.4, 0.5) is 4.79 Å². The fraction of sp³-hybridized carbons (Fsp3) is 0.176. The minimum absolute atomic E-state index is 0.190. The summed E-state index contributed by atoms with van der Waals surface area (Å²) in [7, 11) is 0. The second-order valence-electron chi connectivity index (χ2n) is 4.56. The van der Waals surface area contributed by atoms with Crippen molar-refractivity contribution >= 4 is 6.03 Å². The van der Waals surface area contributed by atoms with Gasteiger partial charge in [0.1, 0.15) is 0 Å². The topological polar surface area (TPSA) is 54.0 Å². The first-order valence-corrected chi connectivity index (χ1v) is 6.71. The monoisotopic (exact) mass is 279 g/mol. The van der Waals surface area contributed by atoms with Gasteiger partial charge in [0, 0.05) is 25.4 Å². The maximum atomic E-state index is 12.0. The highest BCUT2D eigenvalue weighted by atomic mass is 16.2. The number of nitrogens with zero attached hydrogens (tertiary/aromatic N) is 1. The Morgan fingerprint density at radius 1 is 1.24 bits per heavy atom. The Bertz CT molecular complexity index is 605. The molecule has 0 saturated heterocycles. The molecule has 2 amide bonds. The minimum Gasteiger partial charge on any atom is -0.334 e. The van der Waals surface area contributed by atoms with E-state index in [0.29, 0.717) is 13.0 Å². The summed E-state index contributed by atoms with van der Waals surface area (Å²) in [6, 6.07) is 13.0. The molecule has 0 unspecified atom stereocenters. The van der Waals surface area contributed by atoms with E-state index >= 15 is 0 Å². The van der Waals surface area contributed by atoms with Crippen molar-refractivity contribution < 1.29 is 4.79 Å². The van der Waals surface area contributed by atoms with Crippen molar-refractivity contribution in [2.45, 2.75) is 19.0 Å². The molecule has 2 N–H and O–H groups in total. The Balaban J connectivity index is 1.91. The van der Waals surface area contributed by atoms with E-state index in [2.05, 4.69) is 21.5 Å². The quantitative estimate of drug-likeness (QED) is 0.827. The lowest BCUT2D eigenvalue weighted by atomic mass is 10.0. The number of pyridine rings is 1. The van der Waals surface area contributed by atoms with Crippen molar-refractivity contribution in [1.82, 2.24) is 15.6 Å². The van der Waals surface area contributed by atoms with Gasteiger partial charge in [-0.05, 0) is 17.2 Å². The van der Waals surface area contributed by atoms with E-state index in [-0.39, 0.29) is 12.1 Å². The van der Waals surface area contributed by atoms with Crippen molar-refractivity contribution in [2.75, 3.05) is 0 Å². The minimum atomic E-state index is -0.247. The third-order valence-electron chi connectivity index (χ3n) is 3.01. The summed E-state index contributed by atoms with van der Waals surface area (Å²) in [5, 5.41) is 5.69. The lowest BCUT2D eigenvalue weighted by Crippen LogP contribution is -2.37. The fourth-order valence-corrected chi connectivity index (χ4v) is 1.95. The molecule has 0 aliphatic heterocycles. The van der Waals surface area contributed by atoms with Gasteiger partial charge in [0.15, 0.2) is 0 Å². The molecule has 0 radical (unpaired) electrons. The van der Waals surface area contributed by atoms with Crippen molar-refractivity contribution in [1.29, 1.82) is 0 Å². The Hall–Kier alpha value is -2.80. The van der Waals surface area contributed by atoms with Gasteiger partial charge in [-0.15, -0.1) is 12.3 Å². The molecule has 4 heteroatoms. The van der Waals surface area contributed by atoms with Crippen LogP contribution in [0.1, 0.15) is 23.6 Å². The summed E-state index contributed by atoms with van der Waals surface area (Å²) in [6.07, 6.45) is 9.24. The summed E-state index contributed by atoms with van der Waals surface area (Å²) >= 11 is 0. The highest BCUT2D eigenvalue weighted by Crippen LogP contribution is 2.15. The number of rotatable bonds is 5. The summed E-state index contributed by atoms with van der Waals surface area (Å²) < 4.78 is 0. The number of benzene rings is 1. The average molecular weight is 279 g/mol. The van der Waals surface area contributed by atoms with Gasteiger partial charge in [0.25, 0.3) is 0 Å². The number of carbonyl (C=O) groups excluding carboxylic acids is 1. The Labute approximate surface area is 124 Å². The number of hydrogen-bond donors (Lipinski definition) is 2. The van der Waals surface area contributed by atoms with Crippen molar-refractivity contribution in [3.05, 3.63) is 66.0 Å². The third-order valence-corrected chi connectivity index (χ3v) is 3.01. The number of hydrogen-bond acceptors (Lipinski definition) is 2. The number of terminal acetylenes is 1. The van der Waals surface area contributed by atoms with Crippen LogP contribution in [-0.4, -0.2) is 11.0 Å². The third kappa shape index (κ3) is 4.66. The molecule has 1 heterocycles. The van der Waals surface area contributed by atoms with Crippen molar-refractivity contribution in [2.24, 2.45) is 0 Å². The molecule has 2 aromatic rings. The zero-order chi connectivity index (χ0) is 14.9. The number of nitrogens with one attached hydrogen (secondary N) is 2. The van der Waals surface area contributed by atoms with Gasteiger partial charge in [-0.25, -0.2) is 4.79 Å². The molecular formula is C17H17N3O. The maximum absolute atomic E-state index is 12.0. The van der Waals surface area contributed by atoms with Crippen molar-refractivity contribution in [3.63, 3.8) is 0 Å². The zero-order valence-corrected chi connectivity index (χ0v) is 11.6. The Morgan fingerprint density at radius 3 is 2.71 bits per heavy atom. The van der Waals surface area contributed by atoms with E-state index in [9.17, 15) is 4.79 Å². The molecule has 1 atom stereocenters. The highest BCUT2D eigenvalue weighted by Gasteiger charge is 2.12. The first-order chi connectivity index (χ1) is 10.3. The molecule has 1 aromatic heterocycles. The average Bonchev–Trinajstić information content (AvgIpc) is 2.54. The highest BCUT2D eigenvalue weighted by molar-refractivity contribution is 5.74. The number of amides is 2. The zero-order valence-electron chi connectivity index (χ0n) is 11.6. The molecule has 0 aliphatic carbocycles. The standard InChI is InChI=1S/C17H17N3O/c1-2-7-16(15-9-4-3-5-10-15)20-17(21)19-13-14-8-6-11-18-12-14/h1,3-6,8-12,16H,7,13H2,(H2,19,20,21)/t16-/m1/s1. The molecule has 0 saturated carbocycles. The van der Waals surface area contributed by atoms with Gasteiger partial charge in [-0.2, -0.15) is 0 Å². The van der Waals surface area contributed by atoms with E-state index in [0.717, 1.165) is 11.1 Å². The maximum Gasteiger partial charge on any atom is 0.315 e. The lowest BCUT2D eigenvalue weighted by Gasteiger charge is -2.17. The Kier molecular flexibility index (Phi) is 5.36. The van der Waals surface area contributed by atoms with Gasteiger partial charge < -0.3 is 10.6 Å². The van der Waals surface area contributed by atoms with Crippen LogP contribution in [0.15, 0.2) is 54.9 Å². The van der Waals surface area contributed by atoms with Crippen LogP contribution in [0.25, 0.3) is 0 Å². The summed E-state index contributed by atoms with van der Waals surface area (Å²) in [4.78, 5) is 16.0. The molecule has 2 rings (SSSR count). The molecule has 4 nitrogen and oxygen atoms in total. The number of aromatic nitrogens is 1. The summed E-state index contributed by atoms with van der Waals surface area (Å²) in [5.41, 5.74) is 1.94. The van der Waals surface area contributed by atoms with Gasteiger partial charge in [-0.1, -0.05) is 36.4 Å². The normalized spacial score (nSPS) is 11.2. The van der Waals surface area contributed by atoms with Crippen LogP contribution < -0.4 is 10.6 Å². The Morgan fingerprint density at radius 2 is 2.05 bits per heavy atom.